The SMILES string of the molecule is CC=C(CC)C(=O)OC(=O)C(=CC)CC. The molecule has 0 rings (SSSR count). The third-order valence-electron chi connectivity index (χ3n) is 2.17. The molecule has 0 aliphatic carbocycles. The van der Waals surface area contributed by atoms with Crippen LogP contribution in [0.15, 0.2) is 23.3 Å². The summed E-state index contributed by atoms with van der Waals surface area (Å²) in [4.78, 5) is 22.8. The molecule has 0 saturated carbocycles. The lowest BCUT2D eigenvalue weighted by Crippen LogP contribution is -2.15. The fraction of sp³-hybridized carbons (Fsp3) is 0.500. The molecule has 0 N–H and O–H groups in total. The van der Waals surface area contributed by atoms with Gasteiger partial charge in [0.15, 0.2) is 0 Å². The van der Waals surface area contributed by atoms with Crippen LogP contribution in [0.2, 0.25) is 0 Å². The van der Waals surface area contributed by atoms with E-state index in [2.05, 4.69) is 0 Å². The average Bonchev–Trinajstić information content (AvgIpc) is 2.21. The fourth-order valence-corrected chi connectivity index (χ4v) is 1.15. The van der Waals surface area contributed by atoms with E-state index < -0.39 is 11.9 Å². The summed E-state index contributed by atoms with van der Waals surface area (Å²) in [6.07, 6.45) is 4.47. The van der Waals surface area contributed by atoms with Gasteiger partial charge in [0.25, 0.3) is 0 Å². The fourth-order valence-electron chi connectivity index (χ4n) is 1.15. The van der Waals surface area contributed by atoms with Crippen LogP contribution in [0.25, 0.3) is 0 Å². The van der Waals surface area contributed by atoms with Gasteiger partial charge in [0.05, 0.1) is 0 Å². The minimum absolute atomic E-state index is 0.523. The molecule has 0 amide bonds. The van der Waals surface area contributed by atoms with Gasteiger partial charge >= 0.3 is 11.9 Å². The summed E-state index contributed by atoms with van der Waals surface area (Å²) in [5, 5.41) is 0. The van der Waals surface area contributed by atoms with Gasteiger partial charge in [0, 0.05) is 11.1 Å². The molecule has 3 heteroatoms. The molecule has 15 heavy (non-hydrogen) atoms. The number of hydrogen-bond acceptors (Lipinski definition) is 3. The first-order valence-corrected chi connectivity index (χ1v) is 5.17. The molecule has 0 aromatic heterocycles. The van der Waals surface area contributed by atoms with Crippen molar-refractivity contribution in [3.05, 3.63) is 23.3 Å². The first kappa shape index (κ1) is 13.6. The predicted octanol–water partition coefficient (Wildman–Crippen LogP) is 2.77. The normalized spacial score (nSPS) is 12.5. The average molecular weight is 210 g/mol. The third-order valence-corrected chi connectivity index (χ3v) is 2.17. The van der Waals surface area contributed by atoms with Crippen LogP contribution in [-0.2, 0) is 14.3 Å². The Morgan fingerprint density at radius 3 is 1.47 bits per heavy atom. The number of rotatable bonds is 4. The molecule has 3 nitrogen and oxygen atoms in total. The minimum Gasteiger partial charge on any atom is -0.386 e. The van der Waals surface area contributed by atoms with Crippen LogP contribution in [0.4, 0.5) is 0 Å². The van der Waals surface area contributed by atoms with E-state index in [0.717, 1.165) is 0 Å². The Morgan fingerprint density at radius 1 is 0.933 bits per heavy atom. The van der Waals surface area contributed by atoms with Gasteiger partial charge in [0.2, 0.25) is 0 Å². The third kappa shape index (κ3) is 4.11. The Kier molecular flexibility index (Phi) is 6.34. The molecule has 0 fully saturated rings. The number of carbonyl (C=O) groups is 2. The summed E-state index contributed by atoms with van der Waals surface area (Å²) in [5.74, 6) is -1.09. The van der Waals surface area contributed by atoms with E-state index in [1.165, 1.54) is 0 Å². The van der Waals surface area contributed by atoms with E-state index >= 15 is 0 Å². The molecule has 0 aromatic carbocycles. The number of carbonyl (C=O) groups excluding carboxylic acids is 2. The molecule has 0 spiro atoms. The topological polar surface area (TPSA) is 43.4 Å². The first-order valence-electron chi connectivity index (χ1n) is 5.17. The van der Waals surface area contributed by atoms with E-state index in [9.17, 15) is 9.59 Å². The van der Waals surface area contributed by atoms with Crippen molar-refractivity contribution >= 4 is 11.9 Å². The van der Waals surface area contributed by atoms with E-state index in [1.54, 1.807) is 26.0 Å². The van der Waals surface area contributed by atoms with E-state index in [0.29, 0.717) is 24.0 Å². The summed E-state index contributed by atoms with van der Waals surface area (Å²) in [7, 11) is 0. The Balaban J connectivity index is 4.50. The summed E-state index contributed by atoms with van der Waals surface area (Å²) in [5.41, 5.74) is 1.05. The molecule has 0 saturated heterocycles. The van der Waals surface area contributed by atoms with E-state index in [-0.39, 0.29) is 0 Å². The van der Waals surface area contributed by atoms with Crippen molar-refractivity contribution in [3.63, 3.8) is 0 Å². The second-order valence-corrected chi connectivity index (χ2v) is 3.01. The van der Waals surface area contributed by atoms with Gasteiger partial charge in [-0.15, -0.1) is 0 Å². The molecule has 0 aliphatic rings. The summed E-state index contributed by atoms with van der Waals surface area (Å²) >= 11 is 0. The van der Waals surface area contributed by atoms with Gasteiger partial charge in [0.1, 0.15) is 0 Å². The Morgan fingerprint density at radius 2 is 1.27 bits per heavy atom. The number of allylic oxidation sites excluding steroid dienone is 2. The maximum absolute atomic E-state index is 11.4. The second kappa shape index (κ2) is 6.98. The lowest BCUT2D eigenvalue weighted by atomic mass is 10.2. The number of ether oxygens (including phenoxy) is 1. The van der Waals surface area contributed by atoms with Crippen LogP contribution in [0.3, 0.4) is 0 Å². The molecule has 0 radical (unpaired) electrons. The quantitative estimate of drug-likeness (QED) is 0.407. The number of esters is 2. The van der Waals surface area contributed by atoms with Gasteiger partial charge < -0.3 is 4.74 Å². The van der Waals surface area contributed by atoms with Crippen molar-refractivity contribution in [1.82, 2.24) is 0 Å². The van der Waals surface area contributed by atoms with Gasteiger partial charge in [-0.2, -0.15) is 0 Å². The molecule has 0 bridgehead atoms. The molecular formula is C12H18O3. The van der Waals surface area contributed by atoms with Gasteiger partial charge in [-0.1, -0.05) is 26.0 Å². The van der Waals surface area contributed by atoms with Gasteiger partial charge in [-0.25, -0.2) is 9.59 Å². The van der Waals surface area contributed by atoms with Crippen LogP contribution >= 0.6 is 0 Å². The highest BCUT2D eigenvalue weighted by molar-refractivity contribution is 6.01. The van der Waals surface area contributed by atoms with Crippen LogP contribution in [0, 0.1) is 0 Å². The molecule has 0 aromatic rings. The minimum atomic E-state index is -0.544. The monoisotopic (exact) mass is 210 g/mol. The van der Waals surface area contributed by atoms with Crippen LogP contribution < -0.4 is 0 Å². The van der Waals surface area contributed by atoms with Crippen molar-refractivity contribution in [2.75, 3.05) is 0 Å². The summed E-state index contributed by atoms with van der Waals surface area (Å²) in [6.45, 7) is 7.19. The molecule has 84 valence electrons. The Hall–Kier alpha value is -1.38. The lowest BCUT2D eigenvalue weighted by molar-refractivity contribution is -0.154. The van der Waals surface area contributed by atoms with Gasteiger partial charge in [-0.05, 0) is 26.7 Å². The second-order valence-electron chi connectivity index (χ2n) is 3.01. The molecule has 0 heterocycles. The largest absolute Gasteiger partial charge is 0.386 e. The van der Waals surface area contributed by atoms with Crippen LogP contribution in [0.5, 0.6) is 0 Å². The highest BCUT2D eigenvalue weighted by Gasteiger charge is 2.15. The van der Waals surface area contributed by atoms with Crippen molar-refractivity contribution < 1.29 is 14.3 Å². The number of hydrogen-bond donors (Lipinski definition) is 0. The Labute approximate surface area is 90.8 Å². The Bertz CT molecular complexity index is 268. The van der Waals surface area contributed by atoms with E-state index in [4.69, 9.17) is 4.74 Å². The van der Waals surface area contributed by atoms with Gasteiger partial charge in [-0.3, -0.25) is 0 Å². The highest BCUT2D eigenvalue weighted by Crippen LogP contribution is 2.08. The molecule has 0 unspecified atom stereocenters. The summed E-state index contributed by atoms with van der Waals surface area (Å²) in [6, 6.07) is 0. The zero-order valence-electron chi connectivity index (χ0n) is 9.79. The predicted molar refractivity (Wildman–Crippen MR) is 59.2 cm³/mol. The smallest absolute Gasteiger partial charge is 0.341 e. The molecule has 0 atom stereocenters. The highest BCUT2D eigenvalue weighted by atomic mass is 16.6. The van der Waals surface area contributed by atoms with Crippen molar-refractivity contribution in [1.29, 1.82) is 0 Å². The zero-order valence-corrected chi connectivity index (χ0v) is 9.79. The lowest BCUT2D eigenvalue weighted by Gasteiger charge is -2.05. The summed E-state index contributed by atoms with van der Waals surface area (Å²) < 4.78 is 4.72. The van der Waals surface area contributed by atoms with Crippen molar-refractivity contribution in [2.45, 2.75) is 40.5 Å². The van der Waals surface area contributed by atoms with Crippen molar-refractivity contribution in [3.8, 4) is 0 Å². The van der Waals surface area contributed by atoms with Crippen molar-refractivity contribution in [2.24, 2.45) is 0 Å². The maximum Gasteiger partial charge on any atom is 0.341 e. The zero-order chi connectivity index (χ0) is 11.8. The van der Waals surface area contributed by atoms with Crippen LogP contribution in [-0.4, -0.2) is 11.9 Å². The standard InChI is InChI=1S/C12H18O3/c1-5-9(6-2)11(13)15-12(14)10(7-3)8-4/h5,7H,6,8H2,1-4H3. The molecular weight excluding hydrogens is 192 g/mol. The van der Waals surface area contributed by atoms with Crippen LogP contribution in [0.1, 0.15) is 40.5 Å². The first-order chi connectivity index (χ1) is 7.10. The molecule has 0 aliphatic heterocycles. The van der Waals surface area contributed by atoms with E-state index in [1.807, 2.05) is 13.8 Å². The maximum atomic E-state index is 11.4.